The van der Waals surface area contributed by atoms with E-state index in [-0.39, 0.29) is 0 Å². The normalized spacial score (nSPS) is 20.8. The fraction of sp³-hybridized carbons (Fsp3) is 0.550. The maximum absolute atomic E-state index is 4.36. The summed E-state index contributed by atoms with van der Waals surface area (Å²) in [4.78, 5) is 9.11. The number of nitrogens with zero attached hydrogens (tertiary/aromatic N) is 5. The summed E-state index contributed by atoms with van der Waals surface area (Å²) >= 11 is 0. The molecular formula is C20H27N5. The third kappa shape index (κ3) is 3.82. The molecule has 2 saturated heterocycles. The molecule has 0 bridgehead atoms. The van der Waals surface area contributed by atoms with Crippen LogP contribution in [-0.2, 0) is 6.54 Å². The molecule has 0 saturated carbocycles. The van der Waals surface area contributed by atoms with Gasteiger partial charge in [-0.2, -0.15) is 5.10 Å². The lowest BCUT2D eigenvalue weighted by molar-refractivity contribution is 0.0756. The van der Waals surface area contributed by atoms with Crippen LogP contribution in [0.15, 0.2) is 36.7 Å². The van der Waals surface area contributed by atoms with E-state index in [4.69, 9.17) is 0 Å². The van der Waals surface area contributed by atoms with E-state index in [9.17, 15) is 0 Å². The van der Waals surface area contributed by atoms with E-state index in [2.05, 4.69) is 49.2 Å². The van der Waals surface area contributed by atoms with E-state index in [0.29, 0.717) is 5.41 Å². The summed E-state index contributed by atoms with van der Waals surface area (Å²) in [6.45, 7) is 7.70. The minimum absolute atomic E-state index is 0.545. The van der Waals surface area contributed by atoms with Gasteiger partial charge in [-0.25, -0.2) is 0 Å². The lowest BCUT2D eigenvalue weighted by atomic mass is 9.71. The van der Waals surface area contributed by atoms with Gasteiger partial charge in [0.15, 0.2) is 5.82 Å². The lowest BCUT2D eigenvalue weighted by Crippen LogP contribution is -2.46. The number of rotatable bonds is 3. The van der Waals surface area contributed by atoms with Gasteiger partial charge in [-0.15, -0.1) is 5.10 Å². The van der Waals surface area contributed by atoms with Crippen LogP contribution in [0.4, 0.5) is 5.82 Å². The summed E-state index contributed by atoms with van der Waals surface area (Å²) in [5.74, 6) is 1.04. The van der Waals surface area contributed by atoms with Crippen molar-refractivity contribution in [3.63, 3.8) is 0 Å². The molecule has 25 heavy (non-hydrogen) atoms. The van der Waals surface area contributed by atoms with Crippen LogP contribution in [0.25, 0.3) is 0 Å². The molecule has 2 aromatic rings. The van der Waals surface area contributed by atoms with E-state index in [1.165, 1.54) is 44.3 Å². The van der Waals surface area contributed by atoms with Crippen molar-refractivity contribution in [3.8, 4) is 0 Å². The predicted molar refractivity (Wildman–Crippen MR) is 99.4 cm³/mol. The Morgan fingerprint density at radius 3 is 2.20 bits per heavy atom. The molecule has 5 heteroatoms. The van der Waals surface area contributed by atoms with Gasteiger partial charge in [0.25, 0.3) is 0 Å². The topological polar surface area (TPSA) is 45.2 Å². The Morgan fingerprint density at radius 2 is 1.56 bits per heavy atom. The third-order valence-electron chi connectivity index (χ3n) is 6.00. The molecule has 2 aliphatic heterocycles. The van der Waals surface area contributed by atoms with Gasteiger partial charge in [0.05, 0.1) is 5.69 Å². The first-order valence-electron chi connectivity index (χ1n) is 9.39. The number of pyridine rings is 1. The third-order valence-corrected chi connectivity index (χ3v) is 6.00. The fourth-order valence-electron chi connectivity index (χ4n) is 4.20. The molecule has 1 spiro atoms. The van der Waals surface area contributed by atoms with Gasteiger partial charge in [-0.1, -0.05) is 0 Å². The maximum atomic E-state index is 4.36. The number of aryl methyl sites for hydroxylation is 1. The van der Waals surface area contributed by atoms with Crippen molar-refractivity contribution in [2.75, 3.05) is 31.1 Å². The minimum Gasteiger partial charge on any atom is -0.355 e. The van der Waals surface area contributed by atoms with Crippen LogP contribution in [0.5, 0.6) is 0 Å². The summed E-state index contributed by atoms with van der Waals surface area (Å²) < 4.78 is 0. The zero-order valence-corrected chi connectivity index (χ0v) is 15.1. The molecule has 0 radical (unpaired) electrons. The largest absolute Gasteiger partial charge is 0.355 e. The highest BCUT2D eigenvalue weighted by molar-refractivity contribution is 5.38. The van der Waals surface area contributed by atoms with Crippen molar-refractivity contribution >= 4 is 5.82 Å². The van der Waals surface area contributed by atoms with Crippen LogP contribution >= 0.6 is 0 Å². The number of anilines is 1. The van der Waals surface area contributed by atoms with Crippen molar-refractivity contribution in [3.05, 3.63) is 47.9 Å². The van der Waals surface area contributed by atoms with Gasteiger partial charge < -0.3 is 4.90 Å². The Hall–Kier alpha value is -2.01. The standard InChI is InChI=1S/C20H27N5/c1-17-2-3-19(23-22-17)25-14-8-20(9-15-25)6-12-24(13-7-20)16-18-4-10-21-11-5-18/h2-5,10-11H,6-9,12-16H2,1H3. The molecule has 5 nitrogen and oxygen atoms in total. The second-order valence-electron chi connectivity index (χ2n) is 7.65. The van der Waals surface area contributed by atoms with Gasteiger partial charge in [0.2, 0.25) is 0 Å². The zero-order chi connectivity index (χ0) is 17.1. The molecule has 0 aromatic carbocycles. The summed E-state index contributed by atoms with van der Waals surface area (Å²) in [6.07, 6.45) is 9.00. The van der Waals surface area contributed by atoms with Crippen molar-refractivity contribution in [1.29, 1.82) is 0 Å². The predicted octanol–water partition coefficient (Wildman–Crippen LogP) is 3.06. The highest BCUT2D eigenvalue weighted by Gasteiger charge is 2.37. The fourth-order valence-corrected chi connectivity index (χ4v) is 4.20. The highest BCUT2D eigenvalue weighted by atomic mass is 15.3. The van der Waals surface area contributed by atoms with Crippen LogP contribution < -0.4 is 4.90 Å². The van der Waals surface area contributed by atoms with E-state index in [0.717, 1.165) is 31.1 Å². The molecule has 0 aliphatic carbocycles. The van der Waals surface area contributed by atoms with E-state index < -0.39 is 0 Å². The van der Waals surface area contributed by atoms with Crippen molar-refractivity contribution in [2.24, 2.45) is 5.41 Å². The highest BCUT2D eigenvalue weighted by Crippen LogP contribution is 2.42. The SMILES string of the molecule is Cc1ccc(N2CCC3(CCN(Cc4ccncc4)CC3)CC2)nn1. The molecule has 132 valence electrons. The maximum Gasteiger partial charge on any atom is 0.151 e. The molecule has 0 amide bonds. The van der Waals surface area contributed by atoms with Gasteiger partial charge in [0, 0.05) is 32.0 Å². The van der Waals surface area contributed by atoms with Crippen molar-refractivity contribution < 1.29 is 0 Å². The summed E-state index contributed by atoms with van der Waals surface area (Å²) in [7, 11) is 0. The molecular weight excluding hydrogens is 310 g/mol. The second kappa shape index (κ2) is 7.08. The average molecular weight is 337 g/mol. The van der Waals surface area contributed by atoms with E-state index >= 15 is 0 Å². The Labute approximate surface area is 150 Å². The second-order valence-corrected chi connectivity index (χ2v) is 7.65. The number of likely N-dealkylation sites (tertiary alicyclic amines) is 1. The van der Waals surface area contributed by atoms with Crippen molar-refractivity contribution in [2.45, 2.75) is 39.2 Å². The van der Waals surface area contributed by atoms with Crippen LogP contribution in [0.1, 0.15) is 36.9 Å². The molecule has 0 N–H and O–H groups in total. The molecule has 2 aromatic heterocycles. The molecule has 0 atom stereocenters. The quantitative estimate of drug-likeness (QED) is 0.861. The molecule has 2 fully saturated rings. The number of hydrogen-bond acceptors (Lipinski definition) is 5. The first-order valence-corrected chi connectivity index (χ1v) is 9.39. The zero-order valence-electron chi connectivity index (χ0n) is 15.1. The first-order chi connectivity index (χ1) is 12.2. The van der Waals surface area contributed by atoms with Gasteiger partial charge in [-0.05, 0) is 80.9 Å². The molecule has 0 unspecified atom stereocenters. The molecule has 4 heterocycles. The van der Waals surface area contributed by atoms with Gasteiger partial charge in [0.1, 0.15) is 0 Å². The summed E-state index contributed by atoms with van der Waals surface area (Å²) in [5, 5.41) is 8.56. The summed E-state index contributed by atoms with van der Waals surface area (Å²) in [5.41, 5.74) is 2.90. The van der Waals surface area contributed by atoms with Gasteiger partial charge in [-0.3, -0.25) is 9.88 Å². The monoisotopic (exact) mass is 337 g/mol. The van der Waals surface area contributed by atoms with Crippen LogP contribution in [0.3, 0.4) is 0 Å². The first kappa shape index (κ1) is 16.5. The Kier molecular flexibility index (Phi) is 4.66. The van der Waals surface area contributed by atoms with Crippen LogP contribution in [0.2, 0.25) is 0 Å². The number of hydrogen-bond donors (Lipinski definition) is 0. The minimum atomic E-state index is 0.545. The Morgan fingerprint density at radius 1 is 0.880 bits per heavy atom. The molecule has 4 rings (SSSR count). The van der Waals surface area contributed by atoms with E-state index in [1.807, 2.05) is 19.3 Å². The van der Waals surface area contributed by atoms with Crippen molar-refractivity contribution in [1.82, 2.24) is 20.1 Å². The van der Waals surface area contributed by atoms with Crippen LogP contribution in [-0.4, -0.2) is 46.3 Å². The molecule has 2 aliphatic rings. The number of piperidine rings is 2. The number of aromatic nitrogens is 3. The Bertz CT molecular complexity index is 667. The van der Waals surface area contributed by atoms with Gasteiger partial charge >= 0.3 is 0 Å². The van der Waals surface area contributed by atoms with Crippen LogP contribution in [0, 0.1) is 12.3 Å². The smallest absolute Gasteiger partial charge is 0.151 e. The average Bonchev–Trinajstić information content (AvgIpc) is 2.66. The Balaban J connectivity index is 1.30. The lowest BCUT2D eigenvalue weighted by Gasteiger charge is -2.47. The van der Waals surface area contributed by atoms with E-state index in [1.54, 1.807) is 0 Å². The summed E-state index contributed by atoms with van der Waals surface area (Å²) in [6, 6.07) is 8.43.